The zero-order chi connectivity index (χ0) is 15.8. The minimum absolute atomic E-state index is 0.156. The predicted molar refractivity (Wildman–Crippen MR) is 77.5 cm³/mol. The van der Waals surface area contributed by atoms with Gasteiger partial charge in [0.05, 0.1) is 12.9 Å². The smallest absolute Gasteiger partial charge is 0.410 e. The van der Waals surface area contributed by atoms with E-state index in [4.69, 9.17) is 8.92 Å². The van der Waals surface area contributed by atoms with Crippen molar-refractivity contribution < 1.29 is 22.1 Å². The number of piperazine rings is 1. The van der Waals surface area contributed by atoms with Crippen molar-refractivity contribution in [2.45, 2.75) is 44.9 Å². The Morgan fingerprint density at radius 2 is 1.90 bits per heavy atom. The van der Waals surface area contributed by atoms with Crippen LogP contribution in [0.15, 0.2) is 0 Å². The Kier molecular flexibility index (Phi) is 4.51. The lowest BCUT2D eigenvalue weighted by Crippen LogP contribution is -2.50. The molecule has 0 aliphatic carbocycles. The van der Waals surface area contributed by atoms with E-state index in [1.54, 1.807) is 4.90 Å². The van der Waals surface area contributed by atoms with Gasteiger partial charge in [0, 0.05) is 31.7 Å². The molecule has 122 valence electrons. The molecule has 2 aliphatic heterocycles. The van der Waals surface area contributed by atoms with Gasteiger partial charge in [-0.05, 0) is 27.2 Å². The standard InChI is InChI=1S/C13H24N2O5S/c1-13(2,3)20-12(16)15-9-10-7-11(15)8-14(10)5-6-19-21(4,17)18/h10-11H,5-9H2,1-4H3/t10-,11-/m0/s1. The molecule has 0 N–H and O–H groups in total. The molecule has 1 amide bonds. The first kappa shape index (κ1) is 16.5. The molecule has 2 bridgehead atoms. The maximum Gasteiger partial charge on any atom is 0.410 e. The van der Waals surface area contributed by atoms with Crippen molar-refractivity contribution >= 4 is 16.2 Å². The fourth-order valence-electron chi connectivity index (χ4n) is 2.87. The van der Waals surface area contributed by atoms with Crippen LogP contribution in [0.2, 0.25) is 0 Å². The minimum Gasteiger partial charge on any atom is -0.444 e. The Balaban J connectivity index is 1.80. The molecular formula is C13H24N2O5S. The molecule has 0 aromatic carbocycles. The van der Waals surface area contributed by atoms with Gasteiger partial charge in [-0.2, -0.15) is 8.42 Å². The highest BCUT2D eigenvalue weighted by Crippen LogP contribution is 2.31. The molecular weight excluding hydrogens is 296 g/mol. The molecule has 7 nitrogen and oxygen atoms in total. The first-order valence-electron chi connectivity index (χ1n) is 7.13. The van der Waals surface area contributed by atoms with Crippen LogP contribution in [-0.2, 0) is 19.0 Å². The van der Waals surface area contributed by atoms with Gasteiger partial charge in [-0.15, -0.1) is 0 Å². The van der Waals surface area contributed by atoms with Crippen molar-refractivity contribution in [3.63, 3.8) is 0 Å². The van der Waals surface area contributed by atoms with E-state index in [1.165, 1.54) is 0 Å². The molecule has 0 unspecified atom stereocenters. The molecule has 2 fully saturated rings. The van der Waals surface area contributed by atoms with E-state index in [-0.39, 0.29) is 24.8 Å². The Hall–Kier alpha value is -0.860. The predicted octanol–water partition coefficient (Wildman–Crippen LogP) is 0.656. The van der Waals surface area contributed by atoms with Crippen molar-refractivity contribution in [2.24, 2.45) is 0 Å². The molecule has 2 rings (SSSR count). The molecule has 0 saturated carbocycles. The zero-order valence-corrected chi connectivity index (χ0v) is 13.9. The van der Waals surface area contributed by atoms with E-state index in [9.17, 15) is 13.2 Å². The van der Waals surface area contributed by atoms with Crippen LogP contribution in [0.4, 0.5) is 4.79 Å². The SMILES string of the molecule is CC(C)(C)OC(=O)N1C[C@@H]2C[C@H]1CN2CCOS(C)(=O)=O. The lowest BCUT2D eigenvalue weighted by Gasteiger charge is -2.35. The second kappa shape index (κ2) is 5.73. The second-order valence-electron chi connectivity index (χ2n) is 6.70. The number of hydrogen-bond acceptors (Lipinski definition) is 6. The van der Waals surface area contributed by atoms with Gasteiger partial charge >= 0.3 is 6.09 Å². The summed E-state index contributed by atoms with van der Waals surface area (Å²) in [7, 11) is -3.38. The highest BCUT2D eigenvalue weighted by molar-refractivity contribution is 7.85. The molecule has 0 aromatic heterocycles. The fourth-order valence-corrected chi connectivity index (χ4v) is 3.25. The van der Waals surface area contributed by atoms with Crippen molar-refractivity contribution in [3.05, 3.63) is 0 Å². The molecule has 0 aromatic rings. The average molecular weight is 320 g/mol. The van der Waals surface area contributed by atoms with E-state index in [0.29, 0.717) is 13.1 Å². The number of amides is 1. The first-order chi connectivity index (χ1) is 9.55. The Morgan fingerprint density at radius 1 is 1.24 bits per heavy atom. The lowest BCUT2D eigenvalue weighted by molar-refractivity contribution is 0.0123. The highest BCUT2D eigenvalue weighted by atomic mass is 32.2. The van der Waals surface area contributed by atoms with Gasteiger partial charge in [0.2, 0.25) is 0 Å². The summed E-state index contributed by atoms with van der Waals surface area (Å²) < 4.78 is 32.0. The third kappa shape index (κ3) is 4.55. The Labute approximate surface area is 126 Å². The number of carbonyl (C=O) groups excluding carboxylic acids is 1. The van der Waals surface area contributed by atoms with Crippen LogP contribution >= 0.6 is 0 Å². The van der Waals surface area contributed by atoms with E-state index in [2.05, 4.69) is 4.90 Å². The average Bonchev–Trinajstić information content (AvgIpc) is 2.83. The summed E-state index contributed by atoms with van der Waals surface area (Å²) in [6.45, 7) is 7.68. The van der Waals surface area contributed by atoms with Crippen molar-refractivity contribution in [1.82, 2.24) is 9.80 Å². The number of nitrogens with zero attached hydrogens (tertiary/aromatic N) is 2. The normalized spacial score (nSPS) is 26.4. The van der Waals surface area contributed by atoms with Crippen LogP contribution in [0.5, 0.6) is 0 Å². The number of likely N-dealkylation sites (tertiary alicyclic amines) is 2. The highest BCUT2D eigenvalue weighted by Gasteiger charge is 2.46. The van der Waals surface area contributed by atoms with Gasteiger partial charge < -0.3 is 9.64 Å². The quantitative estimate of drug-likeness (QED) is 0.708. The number of ether oxygens (including phenoxy) is 1. The number of fused-ring (bicyclic) bond motifs is 2. The van der Waals surface area contributed by atoms with Crippen LogP contribution in [-0.4, -0.2) is 74.5 Å². The van der Waals surface area contributed by atoms with Crippen LogP contribution in [0.1, 0.15) is 27.2 Å². The van der Waals surface area contributed by atoms with Crippen LogP contribution in [0.3, 0.4) is 0 Å². The largest absolute Gasteiger partial charge is 0.444 e. The van der Waals surface area contributed by atoms with E-state index in [0.717, 1.165) is 19.2 Å². The summed E-state index contributed by atoms with van der Waals surface area (Å²) in [5.41, 5.74) is -0.484. The van der Waals surface area contributed by atoms with Crippen LogP contribution in [0.25, 0.3) is 0 Å². The maximum absolute atomic E-state index is 12.1. The van der Waals surface area contributed by atoms with Gasteiger partial charge in [0.15, 0.2) is 0 Å². The fraction of sp³-hybridized carbons (Fsp3) is 0.923. The second-order valence-corrected chi connectivity index (χ2v) is 8.34. The summed E-state index contributed by atoms with van der Waals surface area (Å²) >= 11 is 0. The molecule has 2 atom stereocenters. The van der Waals surface area contributed by atoms with Crippen molar-refractivity contribution in [2.75, 3.05) is 32.5 Å². The van der Waals surface area contributed by atoms with Gasteiger partial charge in [0.1, 0.15) is 5.60 Å². The molecule has 0 spiro atoms. The van der Waals surface area contributed by atoms with Crippen molar-refractivity contribution in [1.29, 1.82) is 0 Å². The van der Waals surface area contributed by atoms with Gasteiger partial charge in [0.25, 0.3) is 10.1 Å². The maximum atomic E-state index is 12.1. The Bertz CT molecular complexity index is 499. The summed E-state index contributed by atoms with van der Waals surface area (Å²) in [4.78, 5) is 16.0. The molecule has 2 aliphatic rings. The van der Waals surface area contributed by atoms with E-state index in [1.807, 2.05) is 20.8 Å². The summed E-state index contributed by atoms with van der Waals surface area (Å²) in [6, 6.07) is 0.425. The summed E-state index contributed by atoms with van der Waals surface area (Å²) in [5.74, 6) is 0. The molecule has 8 heteroatoms. The number of rotatable bonds is 4. The minimum atomic E-state index is -3.38. The monoisotopic (exact) mass is 320 g/mol. The van der Waals surface area contributed by atoms with E-state index < -0.39 is 15.7 Å². The molecule has 2 saturated heterocycles. The van der Waals surface area contributed by atoms with Crippen LogP contribution in [0, 0.1) is 0 Å². The van der Waals surface area contributed by atoms with Crippen LogP contribution < -0.4 is 0 Å². The topological polar surface area (TPSA) is 76.2 Å². The molecule has 0 radical (unpaired) electrons. The first-order valence-corrected chi connectivity index (χ1v) is 8.95. The Morgan fingerprint density at radius 3 is 2.38 bits per heavy atom. The number of hydrogen-bond donors (Lipinski definition) is 0. The van der Waals surface area contributed by atoms with Gasteiger partial charge in [-0.3, -0.25) is 9.08 Å². The number of carbonyl (C=O) groups is 1. The summed E-state index contributed by atoms with van der Waals surface area (Å²) in [5, 5.41) is 0. The summed E-state index contributed by atoms with van der Waals surface area (Å²) in [6.07, 6.45) is 1.70. The lowest BCUT2D eigenvalue weighted by atomic mass is 10.2. The molecule has 21 heavy (non-hydrogen) atoms. The van der Waals surface area contributed by atoms with E-state index >= 15 is 0 Å². The zero-order valence-electron chi connectivity index (χ0n) is 13.0. The third-order valence-electron chi connectivity index (χ3n) is 3.66. The van der Waals surface area contributed by atoms with Gasteiger partial charge in [-0.25, -0.2) is 4.79 Å². The third-order valence-corrected chi connectivity index (χ3v) is 4.25. The van der Waals surface area contributed by atoms with Gasteiger partial charge in [-0.1, -0.05) is 0 Å². The van der Waals surface area contributed by atoms with Crippen molar-refractivity contribution in [3.8, 4) is 0 Å². The molecule has 2 heterocycles.